The zero-order chi connectivity index (χ0) is 9.40. The second-order valence-corrected chi connectivity index (χ2v) is 3.68. The number of aliphatic hydroxyl groups excluding tert-OH is 1. The third-order valence-corrected chi connectivity index (χ3v) is 2.35. The molecule has 2 heteroatoms. The van der Waals surface area contributed by atoms with E-state index in [1.807, 2.05) is 0 Å². The van der Waals surface area contributed by atoms with Crippen LogP contribution in [0.1, 0.15) is 33.1 Å². The molecule has 0 heterocycles. The van der Waals surface area contributed by atoms with Gasteiger partial charge in [-0.2, -0.15) is 0 Å². The van der Waals surface area contributed by atoms with Crippen molar-refractivity contribution in [1.82, 2.24) is 0 Å². The summed E-state index contributed by atoms with van der Waals surface area (Å²) in [6.45, 7) is 5.50. The predicted molar refractivity (Wildman–Crippen MR) is 51.1 cm³/mol. The van der Waals surface area contributed by atoms with Crippen LogP contribution in [0.4, 0.5) is 0 Å². The summed E-state index contributed by atoms with van der Waals surface area (Å²) in [6, 6.07) is 0. The largest absolute Gasteiger partial charge is 0.396 e. The highest BCUT2D eigenvalue weighted by Gasteiger charge is 2.10. The average molecular weight is 174 g/mol. The fraction of sp³-hybridized carbons (Fsp3) is 1.00. The van der Waals surface area contributed by atoms with Crippen LogP contribution in [0.15, 0.2) is 0 Å². The Labute approximate surface area is 75.9 Å². The first-order chi connectivity index (χ1) is 5.72. The van der Waals surface area contributed by atoms with Crippen LogP contribution in [0.2, 0.25) is 0 Å². The molecule has 0 aromatic rings. The maximum absolute atomic E-state index is 9.02. The molecule has 0 aliphatic heterocycles. The Kier molecular flexibility index (Phi) is 7.51. The van der Waals surface area contributed by atoms with Crippen molar-refractivity contribution in [2.45, 2.75) is 33.1 Å². The molecule has 0 spiro atoms. The Balaban J connectivity index is 3.32. The van der Waals surface area contributed by atoms with E-state index in [4.69, 9.17) is 9.84 Å². The van der Waals surface area contributed by atoms with E-state index in [0.29, 0.717) is 18.4 Å². The number of hydrogen-bond acceptors (Lipinski definition) is 2. The maximum atomic E-state index is 9.02. The predicted octanol–water partition coefficient (Wildman–Crippen LogP) is 2.07. The van der Waals surface area contributed by atoms with E-state index in [1.54, 1.807) is 7.11 Å². The summed E-state index contributed by atoms with van der Waals surface area (Å²) in [5, 5.41) is 9.02. The number of hydrogen-bond donors (Lipinski definition) is 1. The molecule has 1 atom stereocenters. The normalized spacial score (nSPS) is 13.8. The molecule has 0 saturated carbocycles. The highest BCUT2D eigenvalue weighted by atomic mass is 16.5. The summed E-state index contributed by atoms with van der Waals surface area (Å²) in [4.78, 5) is 0. The molecule has 0 rings (SSSR count). The molecule has 0 radical (unpaired) electrons. The van der Waals surface area contributed by atoms with E-state index >= 15 is 0 Å². The number of aliphatic hydroxyl groups is 1. The molecule has 0 bridgehead atoms. The van der Waals surface area contributed by atoms with Gasteiger partial charge in [0.2, 0.25) is 0 Å². The SMILES string of the molecule is COCCCCC(CO)C(C)C. The molecule has 12 heavy (non-hydrogen) atoms. The van der Waals surface area contributed by atoms with E-state index in [0.717, 1.165) is 25.9 Å². The van der Waals surface area contributed by atoms with Gasteiger partial charge >= 0.3 is 0 Å². The van der Waals surface area contributed by atoms with Crippen molar-refractivity contribution in [3.63, 3.8) is 0 Å². The van der Waals surface area contributed by atoms with Crippen LogP contribution in [0.3, 0.4) is 0 Å². The molecule has 1 N–H and O–H groups in total. The second kappa shape index (κ2) is 7.56. The van der Waals surface area contributed by atoms with Gasteiger partial charge in [-0.15, -0.1) is 0 Å². The van der Waals surface area contributed by atoms with Crippen molar-refractivity contribution < 1.29 is 9.84 Å². The van der Waals surface area contributed by atoms with Gasteiger partial charge in [0, 0.05) is 20.3 Å². The highest BCUT2D eigenvalue weighted by Crippen LogP contribution is 2.17. The van der Waals surface area contributed by atoms with Crippen molar-refractivity contribution in [3.8, 4) is 0 Å². The molecule has 0 aromatic carbocycles. The molecule has 2 nitrogen and oxygen atoms in total. The third-order valence-electron chi connectivity index (χ3n) is 2.35. The van der Waals surface area contributed by atoms with Gasteiger partial charge < -0.3 is 9.84 Å². The molecule has 1 unspecified atom stereocenters. The number of unbranched alkanes of at least 4 members (excludes halogenated alkanes) is 1. The van der Waals surface area contributed by atoms with Crippen LogP contribution in [0, 0.1) is 11.8 Å². The molecule has 0 amide bonds. The van der Waals surface area contributed by atoms with E-state index in [9.17, 15) is 0 Å². The molecule has 74 valence electrons. The first-order valence-electron chi connectivity index (χ1n) is 4.82. The molecule has 0 aliphatic carbocycles. The summed E-state index contributed by atoms with van der Waals surface area (Å²) in [7, 11) is 1.73. The summed E-state index contributed by atoms with van der Waals surface area (Å²) >= 11 is 0. The lowest BCUT2D eigenvalue weighted by Crippen LogP contribution is -2.13. The Morgan fingerprint density at radius 2 is 1.92 bits per heavy atom. The lowest BCUT2D eigenvalue weighted by atomic mass is 9.91. The lowest BCUT2D eigenvalue weighted by Gasteiger charge is -2.17. The third kappa shape index (κ3) is 5.56. The lowest BCUT2D eigenvalue weighted by molar-refractivity contribution is 0.163. The van der Waals surface area contributed by atoms with Crippen molar-refractivity contribution in [2.24, 2.45) is 11.8 Å². The molecule has 0 fully saturated rings. The minimum atomic E-state index is 0.324. The van der Waals surface area contributed by atoms with E-state index in [1.165, 1.54) is 0 Å². The van der Waals surface area contributed by atoms with Crippen molar-refractivity contribution in [1.29, 1.82) is 0 Å². The second-order valence-electron chi connectivity index (χ2n) is 3.68. The van der Waals surface area contributed by atoms with E-state index < -0.39 is 0 Å². The molecule has 0 aromatic heterocycles. The maximum Gasteiger partial charge on any atom is 0.0462 e. The Morgan fingerprint density at radius 3 is 2.33 bits per heavy atom. The van der Waals surface area contributed by atoms with Gasteiger partial charge in [0.15, 0.2) is 0 Å². The number of methoxy groups -OCH3 is 1. The molecule has 0 aliphatic rings. The van der Waals surface area contributed by atoms with Gasteiger partial charge in [-0.3, -0.25) is 0 Å². The first-order valence-corrected chi connectivity index (χ1v) is 4.82. The standard InChI is InChI=1S/C10H22O2/c1-9(2)10(8-11)6-4-5-7-12-3/h9-11H,4-8H2,1-3H3. The Hall–Kier alpha value is -0.0800. The zero-order valence-electron chi connectivity index (χ0n) is 8.55. The fourth-order valence-corrected chi connectivity index (χ4v) is 1.29. The monoisotopic (exact) mass is 174 g/mol. The highest BCUT2D eigenvalue weighted by molar-refractivity contribution is 4.61. The molecule has 0 saturated heterocycles. The minimum Gasteiger partial charge on any atom is -0.396 e. The summed E-state index contributed by atoms with van der Waals surface area (Å²) in [6.07, 6.45) is 3.40. The zero-order valence-corrected chi connectivity index (χ0v) is 8.55. The first kappa shape index (κ1) is 11.9. The van der Waals surface area contributed by atoms with Gasteiger partial charge in [-0.1, -0.05) is 20.3 Å². The van der Waals surface area contributed by atoms with Crippen molar-refractivity contribution in [2.75, 3.05) is 20.3 Å². The van der Waals surface area contributed by atoms with Crippen LogP contribution in [0.25, 0.3) is 0 Å². The molecular formula is C10H22O2. The van der Waals surface area contributed by atoms with Crippen LogP contribution in [-0.4, -0.2) is 25.4 Å². The summed E-state index contributed by atoms with van der Waals surface area (Å²) in [5.74, 6) is 1.07. The molecular weight excluding hydrogens is 152 g/mol. The van der Waals surface area contributed by atoms with Gasteiger partial charge in [-0.05, 0) is 24.7 Å². The van der Waals surface area contributed by atoms with Crippen LogP contribution in [0.5, 0.6) is 0 Å². The van der Waals surface area contributed by atoms with Gasteiger partial charge in [-0.25, -0.2) is 0 Å². The Morgan fingerprint density at radius 1 is 1.25 bits per heavy atom. The van der Waals surface area contributed by atoms with E-state index in [2.05, 4.69) is 13.8 Å². The van der Waals surface area contributed by atoms with E-state index in [-0.39, 0.29) is 0 Å². The average Bonchev–Trinajstić information content (AvgIpc) is 2.04. The number of ether oxygens (including phenoxy) is 1. The summed E-state index contributed by atoms with van der Waals surface area (Å²) in [5.41, 5.74) is 0. The quantitative estimate of drug-likeness (QED) is 0.599. The van der Waals surface area contributed by atoms with Crippen molar-refractivity contribution in [3.05, 3.63) is 0 Å². The topological polar surface area (TPSA) is 29.5 Å². The summed E-state index contributed by atoms with van der Waals surface area (Å²) < 4.78 is 4.96. The van der Waals surface area contributed by atoms with Gasteiger partial charge in [0.25, 0.3) is 0 Å². The van der Waals surface area contributed by atoms with Gasteiger partial charge in [0.1, 0.15) is 0 Å². The Bertz CT molecular complexity index is 91.8. The van der Waals surface area contributed by atoms with Crippen LogP contribution < -0.4 is 0 Å². The van der Waals surface area contributed by atoms with Crippen molar-refractivity contribution >= 4 is 0 Å². The minimum absolute atomic E-state index is 0.324. The number of rotatable bonds is 7. The van der Waals surface area contributed by atoms with Crippen LogP contribution in [-0.2, 0) is 4.74 Å². The van der Waals surface area contributed by atoms with Gasteiger partial charge in [0.05, 0.1) is 0 Å². The van der Waals surface area contributed by atoms with Crippen LogP contribution >= 0.6 is 0 Å². The fourth-order valence-electron chi connectivity index (χ4n) is 1.29. The smallest absolute Gasteiger partial charge is 0.0462 e.